The van der Waals surface area contributed by atoms with Crippen molar-refractivity contribution in [2.45, 2.75) is 33.9 Å². The summed E-state index contributed by atoms with van der Waals surface area (Å²) in [4.78, 5) is 11.2. The van der Waals surface area contributed by atoms with Crippen molar-refractivity contribution < 1.29 is 0 Å². The minimum atomic E-state index is 0.668. The first kappa shape index (κ1) is 15.9. The fourth-order valence-electron chi connectivity index (χ4n) is 2.11. The average molecular weight is 304 g/mol. The van der Waals surface area contributed by atoms with E-state index in [0.29, 0.717) is 5.92 Å². The van der Waals surface area contributed by atoms with Crippen molar-refractivity contribution in [3.8, 4) is 0 Å². The molecule has 0 fully saturated rings. The monoisotopic (exact) mass is 304 g/mol. The number of pyridine rings is 1. The second-order valence-corrected chi connectivity index (χ2v) is 6.49. The van der Waals surface area contributed by atoms with Crippen LogP contribution in [-0.2, 0) is 13.1 Å². The molecular weight excluding hydrogens is 280 g/mol. The van der Waals surface area contributed by atoms with Crippen LogP contribution >= 0.6 is 11.3 Å². The lowest BCUT2D eigenvalue weighted by atomic mass is 10.2. The van der Waals surface area contributed by atoms with Crippen LogP contribution in [0.5, 0.6) is 0 Å². The molecule has 21 heavy (non-hydrogen) atoms. The van der Waals surface area contributed by atoms with Gasteiger partial charge in [0.2, 0.25) is 0 Å². The summed E-state index contributed by atoms with van der Waals surface area (Å²) in [6.45, 7) is 9.22. The van der Waals surface area contributed by atoms with Crippen molar-refractivity contribution in [3.63, 3.8) is 0 Å². The van der Waals surface area contributed by atoms with Crippen LogP contribution in [-0.4, -0.2) is 23.6 Å². The van der Waals surface area contributed by atoms with Crippen molar-refractivity contribution in [1.82, 2.24) is 15.3 Å². The van der Waals surface area contributed by atoms with Gasteiger partial charge in [0.1, 0.15) is 5.82 Å². The zero-order valence-electron chi connectivity index (χ0n) is 13.3. The van der Waals surface area contributed by atoms with Crippen LogP contribution in [0.1, 0.15) is 30.8 Å². The first-order valence-corrected chi connectivity index (χ1v) is 8.26. The number of nitrogens with zero attached hydrogens (tertiary/aromatic N) is 3. The number of anilines is 1. The molecule has 2 aromatic heterocycles. The molecule has 0 radical (unpaired) electrons. The fraction of sp³-hybridized carbons (Fsp3) is 0.500. The van der Waals surface area contributed by atoms with E-state index in [2.05, 4.69) is 60.5 Å². The van der Waals surface area contributed by atoms with Gasteiger partial charge in [0.15, 0.2) is 0 Å². The van der Waals surface area contributed by atoms with Crippen molar-refractivity contribution in [2.24, 2.45) is 5.92 Å². The highest BCUT2D eigenvalue weighted by molar-refractivity contribution is 7.07. The smallest absolute Gasteiger partial charge is 0.128 e. The molecule has 1 N–H and O–H groups in total. The molecule has 0 amide bonds. The molecule has 4 nitrogen and oxygen atoms in total. The van der Waals surface area contributed by atoms with Crippen molar-refractivity contribution in [3.05, 3.63) is 40.0 Å². The van der Waals surface area contributed by atoms with Gasteiger partial charge in [-0.2, -0.15) is 0 Å². The number of aryl methyl sites for hydroxylation is 1. The summed E-state index contributed by atoms with van der Waals surface area (Å²) >= 11 is 1.63. The lowest BCUT2D eigenvalue weighted by molar-refractivity contribution is 0.551. The van der Waals surface area contributed by atoms with Crippen LogP contribution in [0.2, 0.25) is 0 Å². The third-order valence-corrected chi connectivity index (χ3v) is 3.96. The van der Waals surface area contributed by atoms with Gasteiger partial charge in [0.25, 0.3) is 0 Å². The molecule has 0 spiro atoms. The highest BCUT2D eigenvalue weighted by Crippen LogP contribution is 2.16. The Morgan fingerprint density at radius 1 is 1.33 bits per heavy atom. The van der Waals surface area contributed by atoms with Gasteiger partial charge < -0.3 is 10.2 Å². The van der Waals surface area contributed by atoms with Crippen LogP contribution < -0.4 is 10.2 Å². The normalized spacial score (nSPS) is 11.1. The second-order valence-electron chi connectivity index (χ2n) is 5.77. The molecule has 0 bridgehead atoms. The Morgan fingerprint density at radius 3 is 2.76 bits per heavy atom. The maximum absolute atomic E-state index is 4.71. The number of nitrogens with one attached hydrogen (secondary N) is 1. The Balaban J connectivity index is 1.97. The van der Waals surface area contributed by atoms with Crippen molar-refractivity contribution in [1.29, 1.82) is 0 Å². The van der Waals surface area contributed by atoms with E-state index in [1.807, 2.05) is 5.51 Å². The number of rotatable bonds is 7. The molecule has 2 aromatic rings. The molecule has 5 heteroatoms. The number of aromatic nitrogens is 2. The Hall–Kier alpha value is -1.46. The van der Waals surface area contributed by atoms with E-state index in [1.165, 1.54) is 5.56 Å². The molecule has 0 aliphatic rings. The fourth-order valence-corrected chi connectivity index (χ4v) is 2.66. The second kappa shape index (κ2) is 7.52. The third-order valence-electron chi connectivity index (χ3n) is 3.32. The van der Waals surface area contributed by atoms with Gasteiger partial charge in [-0.1, -0.05) is 19.9 Å². The average Bonchev–Trinajstić information content (AvgIpc) is 2.93. The Labute approximate surface area is 131 Å². The van der Waals surface area contributed by atoms with E-state index in [-0.39, 0.29) is 0 Å². The van der Waals surface area contributed by atoms with Gasteiger partial charge in [-0.05, 0) is 31.0 Å². The van der Waals surface area contributed by atoms with Gasteiger partial charge in [-0.25, -0.2) is 9.97 Å². The van der Waals surface area contributed by atoms with E-state index < -0.39 is 0 Å². The van der Waals surface area contributed by atoms with Crippen LogP contribution in [0.25, 0.3) is 0 Å². The molecule has 0 aromatic carbocycles. The lowest BCUT2D eigenvalue weighted by Gasteiger charge is -2.18. The van der Waals surface area contributed by atoms with Crippen LogP contribution in [0.4, 0.5) is 5.82 Å². The zero-order valence-corrected chi connectivity index (χ0v) is 14.1. The molecule has 0 saturated carbocycles. The van der Waals surface area contributed by atoms with Crippen molar-refractivity contribution in [2.75, 3.05) is 18.5 Å². The largest absolute Gasteiger partial charge is 0.354 e. The SMILES string of the molecule is Cc1nc(N(C)Cc2cscn2)ccc1CNCC(C)C. The standard InChI is InChI=1S/C16H24N4S/c1-12(2)7-17-8-14-5-6-16(19-13(14)3)20(4)9-15-10-21-11-18-15/h5-6,10-12,17H,7-9H2,1-4H3. The molecule has 0 atom stereocenters. The highest BCUT2D eigenvalue weighted by Gasteiger charge is 2.07. The van der Waals surface area contributed by atoms with E-state index in [1.54, 1.807) is 11.3 Å². The summed E-state index contributed by atoms with van der Waals surface area (Å²) in [5.41, 5.74) is 5.31. The first-order chi connectivity index (χ1) is 10.1. The molecular formula is C16H24N4S. The molecule has 2 heterocycles. The van der Waals surface area contributed by atoms with Gasteiger partial charge in [-0.15, -0.1) is 11.3 Å². The van der Waals surface area contributed by atoms with Crippen LogP contribution in [0.3, 0.4) is 0 Å². The molecule has 0 unspecified atom stereocenters. The van der Waals surface area contributed by atoms with E-state index in [4.69, 9.17) is 4.98 Å². The molecule has 0 aliphatic heterocycles. The summed E-state index contributed by atoms with van der Waals surface area (Å²) in [5, 5.41) is 5.54. The van der Waals surface area contributed by atoms with Crippen LogP contribution in [0, 0.1) is 12.8 Å². The van der Waals surface area contributed by atoms with E-state index >= 15 is 0 Å². The van der Waals surface area contributed by atoms with Gasteiger partial charge in [-0.3, -0.25) is 0 Å². The van der Waals surface area contributed by atoms with E-state index in [9.17, 15) is 0 Å². The van der Waals surface area contributed by atoms with Crippen molar-refractivity contribution >= 4 is 17.2 Å². The predicted octanol–water partition coefficient (Wildman–Crippen LogP) is 3.23. The van der Waals surface area contributed by atoms with Gasteiger partial charge in [0.05, 0.1) is 17.7 Å². The zero-order chi connectivity index (χ0) is 15.2. The summed E-state index contributed by atoms with van der Waals surface area (Å²) in [7, 11) is 2.05. The van der Waals surface area contributed by atoms with E-state index in [0.717, 1.165) is 36.8 Å². The number of thiazole rings is 1. The highest BCUT2D eigenvalue weighted by atomic mass is 32.1. The van der Waals surface area contributed by atoms with Gasteiger partial charge >= 0.3 is 0 Å². The molecule has 0 aliphatic carbocycles. The summed E-state index contributed by atoms with van der Waals surface area (Å²) in [6.07, 6.45) is 0. The Kier molecular flexibility index (Phi) is 5.70. The number of hydrogen-bond acceptors (Lipinski definition) is 5. The van der Waals surface area contributed by atoms with Crippen LogP contribution in [0.15, 0.2) is 23.0 Å². The minimum Gasteiger partial charge on any atom is -0.354 e. The van der Waals surface area contributed by atoms with Gasteiger partial charge in [0, 0.05) is 24.7 Å². The topological polar surface area (TPSA) is 41.1 Å². The third kappa shape index (κ3) is 4.79. The first-order valence-electron chi connectivity index (χ1n) is 7.31. The maximum Gasteiger partial charge on any atom is 0.128 e. The Morgan fingerprint density at radius 2 is 2.14 bits per heavy atom. The summed E-state index contributed by atoms with van der Waals surface area (Å²) in [5.74, 6) is 1.66. The quantitative estimate of drug-likeness (QED) is 0.852. The predicted molar refractivity (Wildman–Crippen MR) is 89.7 cm³/mol. The minimum absolute atomic E-state index is 0.668. The summed E-state index contributed by atoms with van der Waals surface area (Å²) in [6, 6.07) is 4.26. The lowest BCUT2D eigenvalue weighted by Crippen LogP contribution is -2.21. The molecule has 114 valence electrons. The Bertz CT molecular complexity index is 551. The number of hydrogen-bond donors (Lipinski definition) is 1. The maximum atomic E-state index is 4.71. The molecule has 2 rings (SSSR count). The summed E-state index contributed by atoms with van der Waals surface area (Å²) < 4.78 is 0. The molecule has 0 saturated heterocycles.